The summed E-state index contributed by atoms with van der Waals surface area (Å²) < 4.78 is 0. The summed E-state index contributed by atoms with van der Waals surface area (Å²) in [7, 11) is 0. The lowest BCUT2D eigenvalue weighted by molar-refractivity contribution is -0.136. The number of aromatic amines is 1. The van der Waals surface area contributed by atoms with Crippen molar-refractivity contribution < 1.29 is 14.4 Å². The highest BCUT2D eigenvalue weighted by Gasteiger charge is 2.40. The molecule has 10 heteroatoms. The highest BCUT2D eigenvalue weighted by molar-refractivity contribution is 6.05. The molecule has 2 fully saturated rings. The molecular weight excluding hydrogens is 410 g/mol. The summed E-state index contributed by atoms with van der Waals surface area (Å²) in [4.78, 5) is 45.3. The third kappa shape index (κ3) is 3.80. The predicted octanol–water partition coefficient (Wildman–Crippen LogP) is 0.404. The number of nitrogens with two attached hydrogens (primary N) is 1. The zero-order valence-electron chi connectivity index (χ0n) is 17.8. The smallest absolute Gasteiger partial charge is 0.255 e. The largest absolute Gasteiger partial charge is 0.324 e. The Hall–Kier alpha value is -3.11. The van der Waals surface area contributed by atoms with Crippen LogP contribution in [-0.2, 0) is 29.2 Å². The van der Waals surface area contributed by atoms with Crippen molar-refractivity contribution >= 4 is 17.7 Å². The third-order valence-electron chi connectivity index (χ3n) is 6.77. The number of benzene rings is 1. The minimum atomic E-state index is -0.587. The number of amides is 3. The Morgan fingerprint density at radius 3 is 2.66 bits per heavy atom. The zero-order chi connectivity index (χ0) is 22.2. The number of nitrogens with zero attached hydrogens (tertiary/aromatic N) is 4. The molecule has 3 aliphatic rings. The monoisotopic (exact) mass is 437 g/mol. The molecule has 0 radical (unpaired) electrons. The van der Waals surface area contributed by atoms with Crippen molar-refractivity contribution in [1.29, 1.82) is 0 Å². The van der Waals surface area contributed by atoms with E-state index < -0.39 is 6.04 Å². The Morgan fingerprint density at radius 2 is 1.94 bits per heavy atom. The number of likely N-dealkylation sites (tertiary alicyclic amines) is 1. The Kier molecular flexibility index (Phi) is 5.48. The van der Waals surface area contributed by atoms with Crippen molar-refractivity contribution in [2.75, 3.05) is 13.1 Å². The molecule has 2 saturated heterocycles. The van der Waals surface area contributed by atoms with Gasteiger partial charge < -0.3 is 10.6 Å². The quantitative estimate of drug-likeness (QED) is 0.576. The molecule has 1 unspecified atom stereocenters. The number of hydrogen-bond acceptors (Lipinski definition) is 7. The van der Waals surface area contributed by atoms with E-state index in [0.29, 0.717) is 36.8 Å². The molecule has 3 amide bonds. The fourth-order valence-corrected chi connectivity index (χ4v) is 4.97. The molecule has 32 heavy (non-hydrogen) atoms. The Labute approximate surface area is 185 Å². The highest BCUT2D eigenvalue weighted by atomic mass is 16.2. The first kappa shape index (κ1) is 20.8. The lowest BCUT2D eigenvalue weighted by atomic mass is 9.95. The van der Waals surface area contributed by atoms with E-state index in [0.717, 1.165) is 49.4 Å². The third-order valence-corrected chi connectivity index (χ3v) is 6.77. The molecule has 4 N–H and O–H groups in total. The van der Waals surface area contributed by atoms with Gasteiger partial charge in [0.1, 0.15) is 11.9 Å². The van der Waals surface area contributed by atoms with Gasteiger partial charge in [0.2, 0.25) is 11.8 Å². The van der Waals surface area contributed by atoms with Crippen molar-refractivity contribution in [2.24, 2.45) is 5.73 Å². The Morgan fingerprint density at radius 1 is 1.12 bits per heavy atom. The molecule has 2 aromatic rings. The number of aromatic nitrogens is 3. The van der Waals surface area contributed by atoms with Gasteiger partial charge in [-0.1, -0.05) is 12.1 Å². The molecule has 4 heterocycles. The standard InChI is InChI=1S/C22H27N7O3/c23-10-18-24-20(27-26-18)13-6-8-28(9-7-13)11-14-2-1-3-15-16(14)12-29(22(15)32)17-4-5-19(30)25-21(17)31/h1-3,13,17H,4-12,23H2,(H,24,26,27)(H,25,30,31). The zero-order valence-corrected chi connectivity index (χ0v) is 17.8. The van der Waals surface area contributed by atoms with Crippen LogP contribution in [0.5, 0.6) is 0 Å². The molecule has 168 valence electrons. The fraction of sp³-hybridized carbons (Fsp3) is 0.500. The van der Waals surface area contributed by atoms with Gasteiger partial charge in [0.25, 0.3) is 5.91 Å². The number of fused-ring (bicyclic) bond motifs is 1. The van der Waals surface area contributed by atoms with Crippen molar-refractivity contribution in [1.82, 2.24) is 30.3 Å². The summed E-state index contributed by atoms with van der Waals surface area (Å²) >= 11 is 0. The number of H-pyrrole nitrogens is 1. The van der Waals surface area contributed by atoms with Crippen molar-refractivity contribution in [3.8, 4) is 0 Å². The molecule has 0 spiro atoms. The highest BCUT2D eigenvalue weighted by Crippen LogP contribution is 2.32. The summed E-state index contributed by atoms with van der Waals surface area (Å²) in [5, 5.41) is 9.55. The van der Waals surface area contributed by atoms with E-state index in [1.165, 1.54) is 0 Å². The Bertz CT molecular complexity index is 1060. The van der Waals surface area contributed by atoms with Crippen LogP contribution in [0.4, 0.5) is 0 Å². The molecule has 0 aliphatic carbocycles. The normalized spacial score (nSPS) is 22.3. The molecule has 5 rings (SSSR count). The molecular formula is C22H27N7O3. The van der Waals surface area contributed by atoms with E-state index in [4.69, 9.17) is 5.73 Å². The summed E-state index contributed by atoms with van der Waals surface area (Å²) in [5.74, 6) is 1.10. The van der Waals surface area contributed by atoms with Crippen LogP contribution in [-0.4, -0.2) is 61.8 Å². The van der Waals surface area contributed by atoms with Gasteiger partial charge in [0, 0.05) is 31.0 Å². The van der Waals surface area contributed by atoms with Gasteiger partial charge in [-0.2, -0.15) is 5.10 Å². The van der Waals surface area contributed by atoms with Gasteiger partial charge in [0.15, 0.2) is 5.82 Å². The first-order chi connectivity index (χ1) is 15.5. The number of carbonyl (C=O) groups excluding carboxylic acids is 3. The topological polar surface area (TPSA) is 137 Å². The SMILES string of the molecule is NCc1nc(C2CCN(Cc3cccc4c3CN(C3CCC(=O)NC3=O)C4=O)CC2)n[nH]1. The second-order valence-electron chi connectivity index (χ2n) is 8.74. The van der Waals surface area contributed by atoms with E-state index in [1.807, 2.05) is 12.1 Å². The first-order valence-electron chi connectivity index (χ1n) is 11.1. The van der Waals surface area contributed by atoms with Crippen LogP contribution in [0.1, 0.15) is 64.7 Å². The Balaban J connectivity index is 1.25. The molecule has 1 aromatic carbocycles. The summed E-state index contributed by atoms with van der Waals surface area (Å²) in [6, 6.07) is 5.22. The second kappa shape index (κ2) is 8.44. The van der Waals surface area contributed by atoms with Gasteiger partial charge in [0.05, 0.1) is 6.54 Å². The number of rotatable bonds is 5. The van der Waals surface area contributed by atoms with Crippen LogP contribution < -0.4 is 11.1 Å². The van der Waals surface area contributed by atoms with Crippen LogP contribution in [0.15, 0.2) is 18.2 Å². The van der Waals surface area contributed by atoms with E-state index in [-0.39, 0.29) is 24.1 Å². The first-order valence-corrected chi connectivity index (χ1v) is 11.1. The maximum Gasteiger partial charge on any atom is 0.255 e. The molecule has 0 bridgehead atoms. The minimum Gasteiger partial charge on any atom is -0.324 e. The van der Waals surface area contributed by atoms with Crippen LogP contribution >= 0.6 is 0 Å². The second-order valence-corrected chi connectivity index (χ2v) is 8.74. The van der Waals surface area contributed by atoms with Crippen molar-refractivity contribution in [2.45, 2.75) is 57.3 Å². The summed E-state index contributed by atoms with van der Waals surface area (Å²) in [5.41, 5.74) is 8.39. The molecule has 10 nitrogen and oxygen atoms in total. The molecule has 3 aliphatic heterocycles. The minimum absolute atomic E-state index is 0.129. The van der Waals surface area contributed by atoms with E-state index in [1.54, 1.807) is 4.90 Å². The molecule has 1 aromatic heterocycles. The number of imide groups is 1. The number of hydrogen-bond donors (Lipinski definition) is 3. The maximum absolute atomic E-state index is 13.0. The van der Waals surface area contributed by atoms with Gasteiger partial charge in [-0.3, -0.25) is 29.7 Å². The van der Waals surface area contributed by atoms with E-state index in [2.05, 4.69) is 31.5 Å². The fourth-order valence-electron chi connectivity index (χ4n) is 4.97. The molecule has 0 saturated carbocycles. The van der Waals surface area contributed by atoms with Crippen molar-refractivity contribution in [3.05, 3.63) is 46.5 Å². The number of carbonyl (C=O) groups is 3. The number of piperidine rings is 2. The van der Waals surface area contributed by atoms with Gasteiger partial charge >= 0.3 is 0 Å². The van der Waals surface area contributed by atoms with Crippen LogP contribution in [0.25, 0.3) is 0 Å². The lowest BCUT2D eigenvalue weighted by Gasteiger charge is -2.31. The van der Waals surface area contributed by atoms with Crippen LogP contribution in [0.2, 0.25) is 0 Å². The summed E-state index contributed by atoms with van der Waals surface area (Å²) in [6.45, 7) is 3.37. The van der Waals surface area contributed by atoms with Gasteiger partial charge in [-0.15, -0.1) is 0 Å². The number of nitrogens with one attached hydrogen (secondary N) is 2. The average Bonchev–Trinajstić information content (AvgIpc) is 3.40. The predicted molar refractivity (Wildman–Crippen MR) is 114 cm³/mol. The van der Waals surface area contributed by atoms with Gasteiger partial charge in [-0.25, -0.2) is 4.98 Å². The summed E-state index contributed by atoms with van der Waals surface area (Å²) in [6.07, 6.45) is 2.58. The lowest BCUT2D eigenvalue weighted by Crippen LogP contribution is -2.52. The van der Waals surface area contributed by atoms with E-state index >= 15 is 0 Å². The van der Waals surface area contributed by atoms with Gasteiger partial charge in [-0.05, 0) is 49.5 Å². The van der Waals surface area contributed by atoms with E-state index in [9.17, 15) is 14.4 Å². The maximum atomic E-state index is 13.0. The van der Waals surface area contributed by atoms with Crippen LogP contribution in [0, 0.1) is 0 Å². The average molecular weight is 438 g/mol. The van der Waals surface area contributed by atoms with Crippen molar-refractivity contribution in [3.63, 3.8) is 0 Å². The molecule has 1 atom stereocenters. The van der Waals surface area contributed by atoms with Crippen LogP contribution in [0.3, 0.4) is 0 Å².